The molecule has 0 radical (unpaired) electrons. The summed E-state index contributed by atoms with van der Waals surface area (Å²) in [4.78, 5) is 12.9. The van der Waals surface area contributed by atoms with Crippen LogP contribution in [0.1, 0.15) is 56.6 Å². The average molecular weight is 309 g/mol. The molecule has 1 amide bonds. The van der Waals surface area contributed by atoms with Crippen molar-refractivity contribution in [3.05, 3.63) is 71.8 Å². The summed E-state index contributed by atoms with van der Waals surface area (Å²) in [7, 11) is 0. The molecule has 0 bridgehead atoms. The molecule has 0 fully saturated rings. The van der Waals surface area contributed by atoms with Gasteiger partial charge in [0.15, 0.2) is 0 Å². The average Bonchev–Trinajstić information content (AvgIpc) is 2.57. The van der Waals surface area contributed by atoms with Gasteiger partial charge >= 0.3 is 0 Å². The van der Waals surface area contributed by atoms with E-state index in [-0.39, 0.29) is 17.9 Å². The van der Waals surface area contributed by atoms with Gasteiger partial charge in [-0.1, -0.05) is 86.8 Å². The number of amides is 1. The Balaban J connectivity index is 2.13. The van der Waals surface area contributed by atoms with Gasteiger partial charge in [0.1, 0.15) is 0 Å². The molecule has 2 aromatic carbocycles. The van der Waals surface area contributed by atoms with E-state index in [4.69, 9.17) is 0 Å². The van der Waals surface area contributed by atoms with E-state index in [1.54, 1.807) is 0 Å². The van der Waals surface area contributed by atoms with Crippen molar-refractivity contribution in [2.45, 2.75) is 51.5 Å². The molecule has 2 aromatic rings. The van der Waals surface area contributed by atoms with Gasteiger partial charge in [-0.05, 0) is 24.5 Å². The zero-order valence-corrected chi connectivity index (χ0v) is 14.2. The zero-order valence-electron chi connectivity index (χ0n) is 14.2. The molecule has 2 rings (SSSR count). The maximum atomic E-state index is 12.9. The fourth-order valence-electron chi connectivity index (χ4n) is 2.89. The summed E-state index contributed by atoms with van der Waals surface area (Å²) in [6.07, 6.45) is 4.63. The Bertz CT molecular complexity index is 540. The van der Waals surface area contributed by atoms with Gasteiger partial charge < -0.3 is 5.32 Å². The second kappa shape index (κ2) is 9.14. The van der Waals surface area contributed by atoms with Crippen LogP contribution in [0.25, 0.3) is 0 Å². The van der Waals surface area contributed by atoms with Gasteiger partial charge in [0.05, 0.1) is 5.92 Å². The topological polar surface area (TPSA) is 29.1 Å². The Morgan fingerprint density at radius 3 is 1.91 bits per heavy atom. The van der Waals surface area contributed by atoms with Gasteiger partial charge in [0.25, 0.3) is 0 Å². The Morgan fingerprint density at radius 1 is 0.913 bits per heavy atom. The molecular weight excluding hydrogens is 282 g/mol. The minimum atomic E-state index is -0.244. The standard InChI is InChI=1S/C21H27NO/c1-3-4-7-12-17(2)22-21(23)20(18-13-8-5-9-14-18)19-15-10-6-11-16-19/h5-6,8-11,13-17,20H,3-4,7,12H2,1-2H3,(H,22,23). The van der Waals surface area contributed by atoms with Gasteiger partial charge in [0.2, 0.25) is 5.91 Å². The largest absolute Gasteiger partial charge is 0.353 e. The second-order valence-electron chi connectivity index (χ2n) is 6.16. The van der Waals surface area contributed by atoms with E-state index in [1.807, 2.05) is 60.7 Å². The number of carbonyl (C=O) groups excluding carboxylic acids is 1. The van der Waals surface area contributed by atoms with Crippen LogP contribution in [-0.2, 0) is 4.79 Å². The summed E-state index contributed by atoms with van der Waals surface area (Å²) >= 11 is 0. The lowest BCUT2D eigenvalue weighted by Crippen LogP contribution is -2.36. The molecule has 0 aliphatic rings. The van der Waals surface area contributed by atoms with Crippen molar-refractivity contribution in [1.29, 1.82) is 0 Å². The summed E-state index contributed by atoms with van der Waals surface area (Å²) < 4.78 is 0. The SMILES string of the molecule is CCCCCC(C)NC(=O)C(c1ccccc1)c1ccccc1. The molecule has 0 saturated carbocycles. The lowest BCUT2D eigenvalue weighted by Gasteiger charge is -2.21. The second-order valence-corrected chi connectivity index (χ2v) is 6.16. The van der Waals surface area contributed by atoms with Crippen LogP contribution >= 0.6 is 0 Å². The maximum Gasteiger partial charge on any atom is 0.232 e. The molecule has 1 N–H and O–H groups in total. The molecule has 2 heteroatoms. The first-order valence-electron chi connectivity index (χ1n) is 8.62. The number of hydrogen-bond donors (Lipinski definition) is 1. The predicted molar refractivity (Wildman–Crippen MR) is 96.5 cm³/mol. The fraction of sp³-hybridized carbons (Fsp3) is 0.381. The summed E-state index contributed by atoms with van der Waals surface area (Å²) in [5.41, 5.74) is 2.08. The summed E-state index contributed by atoms with van der Waals surface area (Å²) in [5.74, 6) is -0.155. The van der Waals surface area contributed by atoms with Gasteiger partial charge in [0, 0.05) is 6.04 Å². The highest BCUT2D eigenvalue weighted by Gasteiger charge is 2.23. The third-order valence-electron chi connectivity index (χ3n) is 4.16. The van der Waals surface area contributed by atoms with Crippen molar-refractivity contribution >= 4 is 5.91 Å². The van der Waals surface area contributed by atoms with Gasteiger partial charge in [-0.25, -0.2) is 0 Å². The third kappa shape index (κ3) is 5.24. The number of hydrogen-bond acceptors (Lipinski definition) is 1. The van der Waals surface area contributed by atoms with Crippen LogP contribution in [0.15, 0.2) is 60.7 Å². The van der Waals surface area contributed by atoms with Crippen LogP contribution in [0.5, 0.6) is 0 Å². The van der Waals surface area contributed by atoms with Crippen molar-refractivity contribution in [1.82, 2.24) is 5.32 Å². The van der Waals surface area contributed by atoms with Crippen molar-refractivity contribution < 1.29 is 4.79 Å². The molecule has 0 saturated heterocycles. The van der Waals surface area contributed by atoms with E-state index >= 15 is 0 Å². The predicted octanol–water partition coefficient (Wildman–Crippen LogP) is 4.90. The van der Waals surface area contributed by atoms with E-state index in [2.05, 4.69) is 19.2 Å². The molecule has 0 spiro atoms. The monoisotopic (exact) mass is 309 g/mol. The maximum absolute atomic E-state index is 12.9. The van der Waals surface area contributed by atoms with Crippen LogP contribution in [0.3, 0.4) is 0 Å². The molecule has 1 unspecified atom stereocenters. The first-order chi connectivity index (χ1) is 11.2. The Hall–Kier alpha value is -2.09. The third-order valence-corrected chi connectivity index (χ3v) is 4.16. The Morgan fingerprint density at radius 2 is 1.43 bits per heavy atom. The van der Waals surface area contributed by atoms with Crippen LogP contribution in [0.4, 0.5) is 0 Å². The van der Waals surface area contributed by atoms with Crippen molar-refractivity contribution in [3.8, 4) is 0 Å². The summed E-state index contributed by atoms with van der Waals surface area (Å²) in [5, 5.41) is 3.20. The van der Waals surface area contributed by atoms with Gasteiger partial charge in [-0.3, -0.25) is 4.79 Å². The summed E-state index contributed by atoms with van der Waals surface area (Å²) in [6.45, 7) is 4.30. The molecular formula is C21H27NO. The molecule has 0 aliphatic heterocycles. The number of carbonyl (C=O) groups is 1. The molecule has 23 heavy (non-hydrogen) atoms. The highest BCUT2D eigenvalue weighted by atomic mass is 16.1. The van der Waals surface area contributed by atoms with Gasteiger partial charge in [-0.15, -0.1) is 0 Å². The van der Waals surface area contributed by atoms with Gasteiger partial charge in [-0.2, -0.15) is 0 Å². The molecule has 1 atom stereocenters. The molecule has 0 aromatic heterocycles. The fourth-order valence-corrected chi connectivity index (χ4v) is 2.89. The van der Waals surface area contributed by atoms with Crippen LogP contribution < -0.4 is 5.32 Å². The van der Waals surface area contributed by atoms with E-state index < -0.39 is 0 Å². The lowest BCUT2D eigenvalue weighted by molar-refractivity contribution is -0.122. The first kappa shape index (κ1) is 17.3. The molecule has 122 valence electrons. The Kier molecular flexibility index (Phi) is 6.86. The zero-order chi connectivity index (χ0) is 16.5. The minimum absolute atomic E-state index is 0.0893. The van der Waals surface area contributed by atoms with E-state index in [1.165, 1.54) is 19.3 Å². The van der Waals surface area contributed by atoms with Crippen LogP contribution in [0, 0.1) is 0 Å². The number of rotatable bonds is 8. The first-order valence-corrected chi connectivity index (χ1v) is 8.62. The number of unbranched alkanes of at least 4 members (excludes halogenated alkanes) is 2. The van der Waals surface area contributed by atoms with Crippen molar-refractivity contribution in [2.75, 3.05) is 0 Å². The normalized spacial score (nSPS) is 12.1. The van der Waals surface area contributed by atoms with Crippen molar-refractivity contribution in [3.63, 3.8) is 0 Å². The van der Waals surface area contributed by atoms with E-state index in [0.29, 0.717) is 0 Å². The number of nitrogens with one attached hydrogen (secondary N) is 1. The van der Waals surface area contributed by atoms with Crippen LogP contribution in [0.2, 0.25) is 0 Å². The molecule has 0 aliphatic carbocycles. The smallest absolute Gasteiger partial charge is 0.232 e. The summed E-state index contributed by atoms with van der Waals surface area (Å²) in [6, 6.07) is 20.2. The number of benzene rings is 2. The van der Waals surface area contributed by atoms with E-state index in [9.17, 15) is 4.79 Å². The molecule has 2 nitrogen and oxygen atoms in total. The quantitative estimate of drug-likeness (QED) is 0.690. The molecule has 0 heterocycles. The highest BCUT2D eigenvalue weighted by Crippen LogP contribution is 2.25. The Labute approximate surface area is 139 Å². The van der Waals surface area contributed by atoms with E-state index in [0.717, 1.165) is 17.5 Å². The highest BCUT2D eigenvalue weighted by molar-refractivity contribution is 5.87. The van der Waals surface area contributed by atoms with Crippen molar-refractivity contribution in [2.24, 2.45) is 0 Å². The minimum Gasteiger partial charge on any atom is -0.353 e. The lowest BCUT2D eigenvalue weighted by atomic mass is 9.90. The van der Waals surface area contributed by atoms with Crippen LogP contribution in [-0.4, -0.2) is 11.9 Å².